The molecular formula is C23H25NO7. The van der Waals surface area contributed by atoms with Crippen molar-refractivity contribution >= 4 is 17.8 Å². The predicted molar refractivity (Wildman–Crippen MR) is 111 cm³/mol. The molecule has 1 atom stereocenters. The van der Waals surface area contributed by atoms with E-state index in [9.17, 15) is 14.4 Å². The summed E-state index contributed by atoms with van der Waals surface area (Å²) in [6.45, 7) is 1.32. The normalized spacial score (nSPS) is 17.2. The average Bonchev–Trinajstić information content (AvgIpc) is 2.77. The Morgan fingerprint density at radius 1 is 1.06 bits per heavy atom. The number of methoxy groups -OCH3 is 3. The van der Waals surface area contributed by atoms with Gasteiger partial charge in [0.1, 0.15) is 18.0 Å². The first-order chi connectivity index (χ1) is 14.8. The van der Waals surface area contributed by atoms with Gasteiger partial charge in [-0.15, -0.1) is 0 Å². The van der Waals surface area contributed by atoms with Gasteiger partial charge in [0.05, 0.1) is 26.9 Å². The average molecular weight is 427 g/mol. The summed E-state index contributed by atoms with van der Waals surface area (Å²) in [6, 6.07) is 12.2. The molecule has 8 heteroatoms. The van der Waals surface area contributed by atoms with Gasteiger partial charge < -0.3 is 23.8 Å². The molecule has 0 radical (unpaired) electrons. The fourth-order valence-electron chi connectivity index (χ4n) is 3.58. The quantitative estimate of drug-likeness (QED) is 0.627. The first kappa shape index (κ1) is 22.1. The molecule has 0 bridgehead atoms. The molecule has 0 saturated carbocycles. The molecule has 1 aliphatic rings. The molecule has 0 N–H and O–H groups in total. The van der Waals surface area contributed by atoms with Gasteiger partial charge in [-0.3, -0.25) is 9.59 Å². The van der Waals surface area contributed by atoms with Crippen LogP contribution in [0.15, 0.2) is 42.5 Å². The molecule has 1 amide bonds. The Morgan fingerprint density at radius 2 is 1.71 bits per heavy atom. The summed E-state index contributed by atoms with van der Waals surface area (Å²) in [5.74, 6) is -0.566. The van der Waals surface area contributed by atoms with E-state index in [1.54, 1.807) is 49.4 Å². The van der Waals surface area contributed by atoms with Gasteiger partial charge in [0.25, 0.3) is 5.91 Å². The molecule has 8 nitrogen and oxygen atoms in total. The fourth-order valence-corrected chi connectivity index (χ4v) is 3.58. The van der Waals surface area contributed by atoms with Crippen molar-refractivity contribution in [2.75, 3.05) is 27.9 Å². The van der Waals surface area contributed by atoms with Crippen LogP contribution in [0.2, 0.25) is 0 Å². The van der Waals surface area contributed by atoms with Crippen molar-refractivity contribution < 1.29 is 33.3 Å². The van der Waals surface area contributed by atoms with Gasteiger partial charge in [0, 0.05) is 19.0 Å². The number of hydrogen-bond donors (Lipinski definition) is 0. The summed E-state index contributed by atoms with van der Waals surface area (Å²) in [6.07, 6.45) is 0.201. The van der Waals surface area contributed by atoms with E-state index in [2.05, 4.69) is 0 Å². The maximum Gasteiger partial charge on any atom is 0.339 e. The Bertz CT molecular complexity index is 981. The van der Waals surface area contributed by atoms with Crippen LogP contribution in [0.1, 0.15) is 28.4 Å². The minimum Gasteiger partial charge on any atom is -0.497 e. The molecule has 2 aromatic carbocycles. The minimum atomic E-state index is -1.46. The van der Waals surface area contributed by atoms with E-state index in [1.165, 1.54) is 26.2 Å². The molecule has 1 heterocycles. The van der Waals surface area contributed by atoms with Crippen molar-refractivity contribution in [3.8, 4) is 11.5 Å². The second-order valence-electron chi connectivity index (χ2n) is 7.41. The molecular weight excluding hydrogens is 402 g/mol. The summed E-state index contributed by atoms with van der Waals surface area (Å²) in [4.78, 5) is 39.4. The lowest BCUT2D eigenvalue weighted by Crippen LogP contribution is -2.54. The van der Waals surface area contributed by atoms with Gasteiger partial charge in [-0.2, -0.15) is 0 Å². The zero-order valence-corrected chi connectivity index (χ0v) is 18.0. The Morgan fingerprint density at radius 3 is 2.32 bits per heavy atom. The monoisotopic (exact) mass is 427 g/mol. The first-order valence-electron chi connectivity index (χ1n) is 9.69. The molecule has 31 heavy (non-hydrogen) atoms. The van der Waals surface area contributed by atoms with E-state index in [4.69, 9.17) is 18.9 Å². The van der Waals surface area contributed by atoms with Crippen LogP contribution >= 0.6 is 0 Å². The predicted octanol–water partition coefficient (Wildman–Crippen LogP) is 2.38. The summed E-state index contributed by atoms with van der Waals surface area (Å²) in [5.41, 5.74) is 0.377. The lowest BCUT2D eigenvalue weighted by Gasteiger charge is -2.37. The second-order valence-corrected chi connectivity index (χ2v) is 7.41. The third-order valence-corrected chi connectivity index (χ3v) is 5.15. The molecule has 1 aliphatic heterocycles. The standard InChI is InChI=1S/C23H25NO7/c1-23(12-16-7-5-6-8-19(16)21(26)31-23)22(27)24(14-20(25)30-4)13-15-9-17(28-2)11-18(10-15)29-3/h5-11H,12-14H2,1-4H3. The highest BCUT2D eigenvalue weighted by Gasteiger charge is 2.45. The van der Waals surface area contributed by atoms with E-state index in [1.807, 2.05) is 0 Å². The van der Waals surface area contributed by atoms with Crippen molar-refractivity contribution in [3.63, 3.8) is 0 Å². The number of hydrogen-bond acceptors (Lipinski definition) is 7. The van der Waals surface area contributed by atoms with E-state index in [-0.39, 0.29) is 19.5 Å². The molecule has 2 aromatic rings. The third-order valence-electron chi connectivity index (χ3n) is 5.15. The van der Waals surface area contributed by atoms with Crippen LogP contribution in [-0.4, -0.2) is 56.2 Å². The number of rotatable bonds is 7. The maximum absolute atomic E-state index is 13.5. The number of cyclic esters (lactones) is 1. The summed E-state index contributed by atoms with van der Waals surface area (Å²) >= 11 is 0. The van der Waals surface area contributed by atoms with Gasteiger partial charge in [-0.05, 0) is 36.2 Å². The highest BCUT2D eigenvalue weighted by molar-refractivity contribution is 5.98. The number of carbonyl (C=O) groups is 3. The van der Waals surface area contributed by atoms with Crippen molar-refractivity contribution in [1.82, 2.24) is 4.90 Å². The van der Waals surface area contributed by atoms with Crippen LogP contribution in [0.4, 0.5) is 0 Å². The van der Waals surface area contributed by atoms with Gasteiger partial charge in [-0.25, -0.2) is 4.79 Å². The topological polar surface area (TPSA) is 91.4 Å². The van der Waals surface area contributed by atoms with Gasteiger partial charge in [0.15, 0.2) is 5.60 Å². The SMILES string of the molecule is COC(=O)CN(Cc1cc(OC)cc(OC)c1)C(=O)C1(C)Cc2ccccc2C(=O)O1. The van der Waals surface area contributed by atoms with Crippen LogP contribution in [0.3, 0.4) is 0 Å². The molecule has 0 aromatic heterocycles. The van der Waals surface area contributed by atoms with E-state index in [0.717, 1.165) is 5.56 Å². The Labute approximate surface area is 180 Å². The number of amides is 1. The van der Waals surface area contributed by atoms with Crippen LogP contribution in [0.5, 0.6) is 11.5 Å². The molecule has 0 spiro atoms. The number of fused-ring (bicyclic) bond motifs is 1. The van der Waals surface area contributed by atoms with Crippen LogP contribution in [0, 0.1) is 0 Å². The zero-order chi connectivity index (χ0) is 22.6. The summed E-state index contributed by atoms with van der Waals surface area (Å²) in [7, 11) is 4.30. The summed E-state index contributed by atoms with van der Waals surface area (Å²) < 4.78 is 20.9. The van der Waals surface area contributed by atoms with Crippen molar-refractivity contribution in [3.05, 3.63) is 59.2 Å². The van der Waals surface area contributed by atoms with Gasteiger partial charge >= 0.3 is 11.9 Å². The zero-order valence-electron chi connectivity index (χ0n) is 18.0. The molecule has 0 aliphatic carbocycles. The molecule has 164 valence electrons. The lowest BCUT2D eigenvalue weighted by molar-refractivity contribution is -0.157. The molecule has 3 rings (SSSR count). The summed E-state index contributed by atoms with van der Waals surface area (Å²) in [5, 5.41) is 0. The number of esters is 2. The molecule has 1 unspecified atom stereocenters. The van der Waals surface area contributed by atoms with Crippen LogP contribution < -0.4 is 9.47 Å². The van der Waals surface area contributed by atoms with E-state index < -0.39 is 23.4 Å². The minimum absolute atomic E-state index is 0.0658. The maximum atomic E-state index is 13.5. The highest BCUT2D eigenvalue weighted by Crippen LogP contribution is 2.31. The smallest absolute Gasteiger partial charge is 0.339 e. The lowest BCUT2D eigenvalue weighted by atomic mass is 9.88. The van der Waals surface area contributed by atoms with Crippen molar-refractivity contribution in [2.24, 2.45) is 0 Å². The van der Waals surface area contributed by atoms with Crippen molar-refractivity contribution in [2.45, 2.75) is 25.5 Å². The molecule has 0 fully saturated rings. The third kappa shape index (κ3) is 4.79. The number of benzene rings is 2. The van der Waals surface area contributed by atoms with Crippen LogP contribution in [0.25, 0.3) is 0 Å². The Kier molecular flexibility index (Phi) is 6.48. The second kappa shape index (κ2) is 9.07. The number of nitrogens with zero attached hydrogens (tertiary/aromatic N) is 1. The van der Waals surface area contributed by atoms with E-state index >= 15 is 0 Å². The first-order valence-corrected chi connectivity index (χ1v) is 9.69. The fraction of sp³-hybridized carbons (Fsp3) is 0.348. The largest absolute Gasteiger partial charge is 0.497 e. The Balaban J connectivity index is 1.93. The van der Waals surface area contributed by atoms with Crippen molar-refractivity contribution in [1.29, 1.82) is 0 Å². The molecule has 0 saturated heterocycles. The van der Waals surface area contributed by atoms with E-state index in [0.29, 0.717) is 22.6 Å². The highest BCUT2D eigenvalue weighted by atomic mass is 16.6. The Hall–Kier alpha value is -3.55. The number of carbonyl (C=O) groups excluding carboxylic acids is 3. The van der Waals surface area contributed by atoms with Gasteiger partial charge in [-0.1, -0.05) is 18.2 Å². The van der Waals surface area contributed by atoms with Crippen LogP contribution in [-0.2, 0) is 32.0 Å². The van der Waals surface area contributed by atoms with Gasteiger partial charge in [0.2, 0.25) is 0 Å². The number of ether oxygens (including phenoxy) is 4.